The Kier molecular flexibility index (Phi) is 5.34. The summed E-state index contributed by atoms with van der Waals surface area (Å²) in [7, 11) is 0. The lowest BCUT2D eigenvalue weighted by Gasteiger charge is -2.07. The van der Waals surface area contributed by atoms with E-state index in [1.54, 1.807) is 30.5 Å². The molecule has 4 rings (SSSR count). The van der Waals surface area contributed by atoms with Crippen LogP contribution < -0.4 is 0 Å². The molecule has 2 aromatic heterocycles. The van der Waals surface area contributed by atoms with E-state index >= 15 is 0 Å². The molecule has 0 saturated carbocycles. The first-order valence-electron chi connectivity index (χ1n) is 8.68. The minimum atomic E-state index is -0.336. The molecule has 5 nitrogen and oxygen atoms in total. The number of allylic oxidation sites excluding steroid dienone is 1. The molecule has 0 N–H and O–H groups in total. The lowest BCUT2D eigenvalue weighted by atomic mass is 10.2. The Morgan fingerprint density at radius 1 is 1.07 bits per heavy atom. The lowest BCUT2D eigenvalue weighted by Crippen LogP contribution is -2.01. The van der Waals surface area contributed by atoms with Crippen LogP contribution in [0, 0.1) is 5.82 Å². The van der Waals surface area contributed by atoms with Crippen LogP contribution in [0.5, 0.6) is 0 Å². The highest BCUT2D eigenvalue weighted by Crippen LogP contribution is 2.29. The third-order valence-electron chi connectivity index (χ3n) is 4.08. The Hall–Kier alpha value is -3.19. The summed E-state index contributed by atoms with van der Waals surface area (Å²) in [5, 5.41) is 9.06. The Morgan fingerprint density at radius 3 is 2.64 bits per heavy atom. The fourth-order valence-electron chi connectivity index (χ4n) is 2.77. The van der Waals surface area contributed by atoms with Gasteiger partial charge < -0.3 is 4.42 Å². The van der Waals surface area contributed by atoms with Gasteiger partial charge in [0.15, 0.2) is 16.7 Å². The fraction of sp³-hybridized carbons (Fsp3) is 0.0952. The Bertz CT molecular complexity index is 1090. The molecule has 140 valence electrons. The Morgan fingerprint density at radius 2 is 1.86 bits per heavy atom. The molecule has 0 aliphatic heterocycles. The van der Waals surface area contributed by atoms with Crippen molar-refractivity contribution in [1.82, 2.24) is 19.7 Å². The molecule has 7 heteroatoms. The largest absolute Gasteiger partial charge is 0.440 e. The van der Waals surface area contributed by atoms with Gasteiger partial charge in [-0.3, -0.25) is 4.57 Å². The smallest absolute Gasteiger partial charge is 0.205 e. The number of hydrogen-bond donors (Lipinski definition) is 0. The molecule has 0 spiro atoms. The van der Waals surface area contributed by atoms with Gasteiger partial charge in [0.1, 0.15) is 5.82 Å². The van der Waals surface area contributed by atoms with Gasteiger partial charge in [-0.2, -0.15) is 0 Å². The molecule has 0 fully saturated rings. The highest BCUT2D eigenvalue weighted by molar-refractivity contribution is 7.98. The number of rotatable bonds is 7. The SMILES string of the molecule is C=CCn1c(SCc2ncc(-c3ccccc3)o2)nnc1-c1ccccc1F. The molecular weight excluding hydrogens is 375 g/mol. The van der Waals surface area contributed by atoms with E-state index in [1.807, 2.05) is 34.9 Å². The molecular formula is C21H17FN4OS. The summed E-state index contributed by atoms with van der Waals surface area (Å²) >= 11 is 1.43. The molecule has 2 aromatic carbocycles. The van der Waals surface area contributed by atoms with Crippen LogP contribution in [0.4, 0.5) is 4.39 Å². The van der Waals surface area contributed by atoms with Crippen molar-refractivity contribution in [1.29, 1.82) is 0 Å². The molecule has 0 unspecified atom stereocenters. The van der Waals surface area contributed by atoms with Crippen LogP contribution >= 0.6 is 11.8 Å². The predicted octanol–water partition coefficient (Wildman–Crippen LogP) is 5.22. The van der Waals surface area contributed by atoms with E-state index in [0.717, 1.165) is 11.3 Å². The monoisotopic (exact) mass is 392 g/mol. The zero-order valence-electron chi connectivity index (χ0n) is 15.0. The minimum absolute atomic E-state index is 0.336. The standard InChI is InChI=1S/C21H17FN4OS/c1-2-12-26-20(16-10-6-7-11-17(16)22)24-25-21(26)28-14-19-23-13-18(27-19)15-8-4-3-5-9-15/h2-11,13H,1,12,14H2. The molecule has 0 bridgehead atoms. The van der Waals surface area contributed by atoms with E-state index in [9.17, 15) is 4.39 Å². The van der Waals surface area contributed by atoms with Crippen LogP contribution in [-0.4, -0.2) is 19.7 Å². The quantitative estimate of drug-likeness (QED) is 0.319. The summed E-state index contributed by atoms with van der Waals surface area (Å²) in [4.78, 5) is 4.34. The number of nitrogens with zero attached hydrogens (tertiary/aromatic N) is 4. The normalized spacial score (nSPS) is 10.9. The van der Waals surface area contributed by atoms with E-state index in [1.165, 1.54) is 17.8 Å². The first-order valence-corrected chi connectivity index (χ1v) is 9.66. The van der Waals surface area contributed by atoms with E-state index in [2.05, 4.69) is 21.8 Å². The predicted molar refractivity (Wildman–Crippen MR) is 107 cm³/mol. The van der Waals surface area contributed by atoms with Gasteiger partial charge >= 0.3 is 0 Å². The molecule has 0 saturated heterocycles. The van der Waals surface area contributed by atoms with Gasteiger partial charge in [-0.05, 0) is 12.1 Å². The second-order valence-electron chi connectivity index (χ2n) is 5.96. The van der Waals surface area contributed by atoms with Gasteiger partial charge in [0.05, 0.1) is 17.5 Å². The second-order valence-corrected chi connectivity index (χ2v) is 6.90. The van der Waals surface area contributed by atoms with Crippen LogP contribution in [0.2, 0.25) is 0 Å². The summed E-state index contributed by atoms with van der Waals surface area (Å²) in [5.41, 5.74) is 1.38. The van der Waals surface area contributed by atoms with Crippen molar-refractivity contribution in [2.45, 2.75) is 17.5 Å². The summed E-state index contributed by atoms with van der Waals surface area (Å²) in [6, 6.07) is 16.3. The Balaban J connectivity index is 1.55. The third kappa shape index (κ3) is 3.75. The van der Waals surface area contributed by atoms with Crippen molar-refractivity contribution in [2.75, 3.05) is 0 Å². The molecule has 0 aliphatic rings. The van der Waals surface area contributed by atoms with E-state index in [0.29, 0.717) is 34.7 Å². The zero-order valence-corrected chi connectivity index (χ0v) is 15.8. The first kappa shape index (κ1) is 18.2. The molecule has 0 radical (unpaired) electrons. The molecule has 0 atom stereocenters. The first-order chi connectivity index (χ1) is 13.8. The summed E-state index contributed by atoms with van der Waals surface area (Å²) in [5.74, 6) is 1.93. The number of thioether (sulfide) groups is 1. The van der Waals surface area contributed by atoms with Crippen LogP contribution in [0.15, 0.2) is 83.0 Å². The van der Waals surface area contributed by atoms with Crippen LogP contribution in [0.1, 0.15) is 5.89 Å². The second kappa shape index (κ2) is 8.22. The number of hydrogen-bond acceptors (Lipinski definition) is 5. The molecule has 2 heterocycles. The van der Waals surface area contributed by atoms with Gasteiger partial charge in [0.25, 0.3) is 0 Å². The number of oxazole rings is 1. The van der Waals surface area contributed by atoms with Crippen LogP contribution in [-0.2, 0) is 12.3 Å². The maximum absolute atomic E-state index is 14.2. The van der Waals surface area contributed by atoms with Crippen molar-refractivity contribution in [3.05, 3.63) is 85.2 Å². The maximum atomic E-state index is 14.2. The van der Waals surface area contributed by atoms with Gasteiger partial charge in [0, 0.05) is 12.1 Å². The Labute approximate surface area is 166 Å². The van der Waals surface area contributed by atoms with Crippen molar-refractivity contribution in [2.24, 2.45) is 0 Å². The van der Waals surface area contributed by atoms with Gasteiger partial charge in [-0.15, -0.1) is 16.8 Å². The lowest BCUT2D eigenvalue weighted by molar-refractivity contribution is 0.529. The summed E-state index contributed by atoms with van der Waals surface area (Å²) in [6.45, 7) is 4.25. The maximum Gasteiger partial charge on any atom is 0.205 e. The van der Waals surface area contributed by atoms with Gasteiger partial charge in [0.2, 0.25) is 5.89 Å². The zero-order chi connectivity index (χ0) is 19.3. The topological polar surface area (TPSA) is 56.7 Å². The van der Waals surface area contributed by atoms with Crippen LogP contribution in [0.25, 0.3) is 22.7 Å². The van der Waals surface area contributed by atoms with E-state index < -0.39 is 0 Å². The van der Waals surface area contributed by atoms with Crippen molar-refractivity contribution >= 4 is 11.8 Å². The summed E-state index contributed by atoms with van der Waals surface area (Å²) < 4.78 is 21.8. The molecule has 0 amide bonds. The van der Waals surface area contributed by atoms with Crippen molar-refractivity contribution < 1.29 is 8.81 Å². The highest BCUT2D eigenvalue weighted by atomic mass is 32.2. The highest BCUT2D eigenvalue weighted by Gasteiger charge is 2.17. The van der Waals surface area contributed by atoms with E-state index in [4.69, 9.17) is 4.42 Å². The number of benzene rings is 2. The van der Waals surface area contributed by atoms with Crippen molar-refractivity contribution in [3.8, 4) is 22.7 Å². The number of aromatic nitrogens is 4. The van der Waals surface area contributed by atoms with E-state index in [-0.39, 0.29) is 5.82 Å². The average molecular weight is 392 g/mol. The fourth-order valence-corrected chi connectivity index (χ4v) is 3.57. The molecule has 0 aliphatic carbocycles. The molecule has 4 aromatic rings. The van der Waals surface area contributed by atoms with Crippen LogP contribution in [0.3, 0.4) is 0 Å². The van der Waals surface area contributed by atoms with Gasteiger partial charge in [-0.25, -0.2) is 9.37 Å². The summed E-state index contributed by atoms with van der Waals surface area (Å²) in [6.07, 6.45) is 3.45. The third-order valence-corrected chi connectivity index (χ3v) is 5.03. The number of halogens is 1. The molecule has 28 heavy (non-hydrogen) atoms. The average Bonchev–Trinajstić information content (AvgIpc) is 3.35. The van der Waals surface area contributed by atoms with Crippen molar-refractivity contribution in [3.63, 3.8) is 0 Å². The van der Waals surface area contributed by atoms with Gasteiger partial charge in [-0.1, -0.05) is 60.3 Å². The minimum Gasteiger partial charge on any atom is -0.440 e.